The summed E-state index contributed by atoms with van der Waals surface area (Å²) in [6.45, 7) is 3.95. The number of aryl methyl sites for hydroxylation is 2. The second-order valence-electron chi connectivity index (χ2n) is 4.83. The van der Waals surface area contributed by atoms with Crippen LogP contribution in [0, 0.1) is 13.8 Å². The number of nitrogens with zero attached hydrogens (tertiary/aromatic N) is 1. The van der Waals surface area contributed by atoms with Crippen molar-refractivity contribution in [2.24, 2.45) is 0 Å². The zero-order valence-corrected chi connectivity index (χ0v) is 10.8. The summed E-state index contributed by atoms with van der Waals surface area (Å²) in [6.07, 6.45) is 0. The van der Waals surface area contributed by atoms with Crippen LogP contribution in [0.15, 0.2) is 42.5 Å². The molecule has 0 bridgehead atoms. The van der Waals surface area contributed by atoms with Gasteiger partial charge in [0, 0.05) is 5.69 Å². The number of fused-ring (bicyclic) bond motifs is 1. The molecule has 1 aliphatic heterocycles. The van der Waals surface area contributed by atoms with Crippen LogP contribution in [0.3, 0.4) is 0 Å². The fourth-order valence-electron chi connectivity index (χ4n) is 2.52. The maximum absolute atomic E-state index is 12.2. The standard InChI is InChI=1S/C16H13NO2/c1-10-7-11(2)9-12(8-10)17-14-6-4-3-5-13(14)15(18)16(17)19/h3-9H,1-2H3. The molecule has 0 aliphatic carbocycles. The highest BCUT2D eigenvalue weighted by Crippen LogP contribution is 2.35. The first-order valence-electron chi connectivity index (χ1n) is 6.14. The Morgan fingerprint density at radius 1 is 0.895 bits per heavy atom. The van der Waals surface area contributed by atoms with Crippen LogP contribution in [0.2, 0.25) is 0 Å². The van der Waals surface area contributed by atoms with Gasteiger partial charge in [-0.2, -0.15) is 0 Å². The molecule has 0 radical (unpaired) electrons. The first-order valence-corrected chi connectivity index (χ1v) is 6.14. The minimum atomic E-state index is -0.480. The summed E-state index contributed by atoms with van der Waals surface area (Å²) in [5.41, 5.74) is 4.04. The SMILES string of the molecule is Cc1cc(C)cc(N2C(=O)C(=O)c3ccccc32)c1. The van der Waals surface area contributed by atoms with Crippen molar-refractivity contribution < 1.29 is 9.59 Å². The lowest BCUT2D eigenvalue weighted by atomic mass is 10.1. The number of Topliss-reactive ketones (excluding diaryl/α,β-unsaturated/α-hetero) is 1. The first-order chi connectivity index (χ1) is 9.08. The van der Waals surface area contributed by atoms with E-state index < -0.39 is 11.7 Å². The monoisotopic (exact) mass is 251 g/mol. The van der Waals surface area contributed by atoms with Crippen molar-refractivity contribution >= 4 is 23.1 Å². The Bertz CT molecular complexity index is 683. The van der Waals surface area contributed by atoms with Crippen LogP contribution in [0.5, 0.6) is 0 Å². The van der Waals surface area contributed by atoms with E-state index in [9.17, 15) is 9.59 Å². The molecule has 94 valence electrons. The lowest BCUT2D eigenvalue weighted by Crippen LogP contribution is -2.24. The Labute approximate surface area is 111 Å². The number of ketones is 1. The number of hydrogen-bond donors (Lipinski definition) is 0. The highest BCUT2D eigenvalue weighted by molar-refractivity contribution is 6.53. The molecule has 0 fully saturated rings. The molecule has 2 aromatic carbocycles. The van der Waals surface area contributed by atoms with E-state index in [1.54, 1.807) is 18.2 Å². The third-order valence-corrected chi connectivity index (χ3v) is 3.25. The lowest BCUT2D eigenvalue weighted by molar-refractivity contribution is -0.113. The minimum absolute atomic E-state index is 0.435. The van der Waals surface area contributed by atoms with E-state index in [1.807, 2.05) is 38.1 Å². The second-order valence-corrected chi connectivity index (χ2v) is 4.83. The molecule has 19 heavy (non-hydrogen) atoms. The van der Waals surface area contributed by atoms with Crippen molar-refractivity contribution in [2.75, 3.05) is 4.90 Å². The van der Waals surface area contributed by atoms with Crippen molar-refractivity contribution in [1.82, 2.24) is 0 Å². The van der Waals surface area contributed by atoms with Crippen LogP contribution in [0.1, 0.15) is 21.5 Å². The summed E-state index contributed by atoms with van der Waals surface area (Å²) in [6, 6.07) is 13.0. The number of rotatable bonds is 1. The molecule has 0 unspecified atom stereocenters. The van der Waals surface area contributed by atoms with E-state index >= 15 is 0 Å². The maximum Gasteiger partial charge on any atom is 0.304 e. The van der Waals surface area contributed by atoms with Gasteiger partial charge in [-0.15, -0.1) is 0 Å². The zero-order chi connectivity index (χ0) is 13.6. The van der Waals surface area contributed by atoms with Crippen LogP contribution in [0.25, 0.3) is 0 Å². The number of carbonyl (C=O) groups excluding carboxylic acids is 2. The molecule has 0 saturated heterocycles. The number of carbonyl (C=O) groups is 2. The highest BCUT2D eigenvalue weighted by atomic mass is 16.2. The topological polar surface area (TPSA) is 37.4 Å². The second kappa shape index (κ2) is 4.05. The fraction of sp³-hybridized carbons (Fsp3) is 0.125. The molecule has 3 heteroatoms. The van der Waals surface area contributed by atoms with Gasteiger partial charge in [-0.25, -0.2) is 0 Å². The summed E-state index contributed by atoms with van der Waals surface area (Å²) < 4.78 is 0. The molecule has 1 heterocycles. The number of para-hydroxylation sites is 1. The Morgan fingerprint density at radius 3 is 2.21 bits per heavy atom. The van der Waals surface area contributed by atoms with Crippen LogP contribution >= 0.6 is 0 Å². The van der Waals surface area contributed by atoms with E-state index in [1.165, 1.54) is 4.90 Å². The van der Waals surface area contributed by atoms with E-state index in [0.717, 1.165) is 16.8 Å². The largest absolute Gasteiger partial charge is 0.304 e. The third-order valence-electron chi connectivity index (χ3n) is 3.25. The van der Waals surface area contributed by atoms with Crippen LogP contribution in [-0.2, 0) is 4.79 Å². The van der Waals surface area contributed by atoms with Gasteiger partial charge in [0.25, 0.3) is 5.78 Å². The Morgan fingerprint density at radius 2 is 1.53 bits per heavy atom. The van der Waals surface area contributed by atoms with E-state index in [2.05, 4.69) is 0 Å². The molecule has 2 aromatic rings. The Kier molecular flexibility index (Phi) is 2.49. The predicted molar refractivity (Wildman–Crippen MR) is 73.8 cm³/mol. The van der Waals surface area contributed by atoms with Gasteiger partial charge in [0.15, 0.2) is 0 Å². The fourth-order valence-corrected chi connectivity index (χ4v) is 2.52. The summed E-state index contributed by atoms with van der Waals surface area (Å²) in [5, 5.41) is 0. The molecule has 1 aliphatic rings. The average Bonchev–Trinajstić information content (AvgIpc) is 2.61. The molecular formula is C16H13NO2. The Hall–Kier alpha value is -2.42. The van der Waals surface area contributed by atoms with Gasteiger partial charge in [-0.05, 0) is 49.2 Å². The molecule has 0 atom stereocenters. The van der Waals surface area contributed by atoms with Gasteiger partial charge in [0.2, 0.25) is 0 Å². The third kappa shape index (κ3) is 1.74. The number of hydrogen-bond acceptors (Lipinski definition) is 2. The summed E-state index contributed by atoms with van der Waals surface area (Å²) in [5.74, 6) is -0.916. The van der Waals surface area contributed by atoms with Gasteiger partial charge < -0.3 is 0 Å². The normalized spacial score (nSPS) is 13.9. The van der Waals surface area contributed by atoms with E-state index in [4.69, 9.17) is 0 Å². The van der Waals surface area contributed by atoms with Gasteiger partial charge in [0.1, 0.15) is 0 Å². The van der Waals surface area contributed by atoms with Crippen molar-refractivity contribution in [3.63, 3.8) is 0 Å². The van der Waals surface area contributed by atoms with E-state index in [-0.39, 0.29) is 0 Å². The summed E-state index contributed by atoms with van der Waals surface area (Å²) >= 11 is 0. The number of anilines is 2. The molecule has 0 saturated carbocycles. The van der Waals surface area contributed by atoms with Gasteiger partial charge in [0.05, 0.1) is 11.3 Å². The number of amides is 1. The van der Waals surface area contributed by atoms with Gasteiger partial charge >= 0.3 is 5.91 Å². The summed E-state index contributed by atoms with van der Waals surface area (Å²) in [4.78, 5) is 25.6. The van der Waals surface area contributed by atoms with Crippen molar-refractivity contribution in [2.45, 2.75) is 13.8 Å². The molecule has 0 aromatic heterocycles. The van der Waals surface area contributed by atoms with Crippen LogP contribution in [0.4, 0.5) is 11.4 Å². The molecule has 1 amide bonds. The van der Waals surface area contributed by atoms with Crippen molar-refractivity contribution in [1.29, 1.82) is 0 Å². The maximum atomic E-state index is 12.2. The predicted octanol–water partition coefficient (Wildman–Crippen LogP) is 3.16. The van der Waals surface area contributed by atoms with Gasteiger partial charge in [-0.1, -0.05) is 18.2 Å². The van der Waals surface area contributed by atoms with Gasteiger partial charge in [-0.3, -0.25) is 14.5 Å². The zero-order valence-electron chi connectivity index (χ0n) is 10.8. The summed E-state index contributed by atoms with van der Waals surface area (Å²) in [7, 11) is 0. The first kappa shape index (κ1) is 11.7. The molecule has 3 rings (SSSR count). The Balaban J connectivity index is 2.20. The smallest absolute Gasteiger partial charge is 0.283 e. The molecule has 0 spiro atoms. The van der Waals surface area contributed by atoms with Crippen molar-refractivity contribution in [3.8, 4) is 0 Å². The van der Waals surface area contributed by atoms with Crippen LogP contribution < -0.4 is 4.90 Å². The van der Waals surface area contributed by atoms with Crippen LogP contribution in [-0.4, -0.2) is 11.7 Å². The molecular weight excluding hydrogens is 238 g/mol. The molecule has 3 nitrogen and oxygen atoms in total. The van der Waals surface area contributed by atoms with E-state index in [0.29, 0.717) is 11.3 Å². The average molecular weight is 251 g/mol. The minimum Gasteiger partial charge on any atom is -0.283 e. The lowest BCUT2D eigenvalue weighted by Gasteiger charge is -2.17. The molecule has 0 N–H and O–H groups in total. The van der Waals surface area contributed by atoms with Crippen molar-refractivity contribution in [3.05, 3.63) is 59.2 Å². The number of benzene rings is 2. The highest BCUT2D eigenvalue weighted by Gasteiger charge is 2.36. The quantitative estimate of drug-likeness (QED) is 0.730.